The zero-order valence-electron chi connectivity index (χ0n) is 6.41. The van der Waals surface area contributed by atoms with E-state index in [1.807, 2.05) is 6.07 Å². The molecule has 0 spiro atoms. The molecule has 0 amide bonds. The van der Waals surface area contributed by atoms with Crippen molar-refractivity contribution < 1.29 is 0 Å². The fraction of sp³-hybridized carbons (Fsp3) is 0. The molecule has 6 heteroatoms. The minimum Gasteiger partial charge on any atom is -0.389 e. The maximum Gasteiger partial charge on any atom is 0.114 e. The van der Waals surface area contributed by atoms with Gasteiger partial charge in [-0.05, 0) is 22.0 Å². The lowest BCUT2D eigenvalue weighted by Crippen LogP contribution is -2.09. The second-order valence-electron chi connectivity index (χ2n) is 2.17. The molecule has 0 aliphatic heterocycles. The van der Waals surface area contributed by atoms with E-state index in [9.17, 15) is 0 Å². The highest BCUT2D eigenvalue weighted by atomic mass is 79.9. The van der Waals surface area contributed by atoms with E-state index < -0.39 is 0 Å². The van der Waals surface area contributed by atoms with Crippen LogP contribution in [0.5, 0.6) is 0 Å². The number of nitrogens with zero attached hydrogens (tertiary/aromatic N) is 2. The largest absolute Gasteiger partial charge is 0.389 e. The van der Waals surface area contributed by atoms with Crippen LogP contribution in [-0.2, 0) is 0 Å². The zero-order chi connectivity index (χ0) is 9.84. The molecule has 66 valence electrons. The van der Waals surface area contributed by atoms with Crippen LogP contribution in [0.25, 0.3) is 6.08 Å². The molecular formula is C7H5BrN4S. The fourth-order valence-corrected chi connectivity index (χ4v) is 1.10. The van der Waals surface area contributed by atoms with Crippen LogP contribution in [0.15, 0.2) is 16.2 Å². The van der Waals surface area contributed by atoms with Gasteiger partial charge in [0.05, 0.1) is 21.9 Å². The average Bonchev–Trinajstić information content (AvgIpc) is 2.46. The van der Waals surface area contributed by atoms with Crippen molar-refractivity contribution >= 4 is 39.2 Å². The molecule has 13 heavy (non-hydrogen) atoms. The van der Waals surface area contributed by atoms with Gasteiger partial charge in [-0.3, -0.25) is 5.10 Å². The minimum absolute atomic E-state index is 0.0731. The van der Waals surface area contributed by atoms with Gasteiger partial charge in [-0.2, -0.15) is 10.4 Å². The van der Waals surface area contributed by atoms with E-state index in [0.717, 1.165) is 4.47 Å². The number of nitrogens with one attached hydrogen (secondary N) is 1. The second kappa shape index (κ2) is 4.16. The lowest BCUT2D eigenvalue weighted by Gasteiger charge is -1.92. The summed E-state index contributed by atoms with van der Waals surface area (Å²) in [6.45, 7) is 0. The summed E-state index contributed by atoms with van der Waals surface area (Å²) in [5.74, 6) is 0. The first-order valence-corrected chi connectivity index (χ1v) is 4.45. The van der Waals surface area contributed by atoms with Crippen LogP contribution in [0.1, 0.15) is 5.69 Å². The standard InChI is InChI=1S/C7H5BrN4S/c8-5-3-11-12-6(5)1-4(2-9)7(10)13/h1,3H,(H2,10,13)(H,11,12). The van der Waals surface area contributed by atoms with Crippen LogP contribution in [-0.4, -0.2) is 15.2 Å². The molecule has 0 aliphatic rings. The number of nitriles is 1. The van der Waals surface area contributed by atoms with Crippen molar-refractivity contribution in [3.8, 4) is 6.07 Å². The number of rotatable bonds is 2. The summed E-state index contributed by atoms with van der Waals surface area (Å²) < 4.78 is 0.761. The molecule has 1 rings (SSSR count). The molecule has 1 heterocycles. The van der Waals surface area contributed by atoms with Crippen molar-refractivity contribution in [2.75, 3.05) is 0 Å². The highest BCUT2D eigenvalue weighted by Gasteiger charge is 2.03. The number of hydrogen-bond donors (Lipinski definition) is 2. The van der Waals surface area contributed by atoms with Gasteiger partial charge in [0.1, 0.15) is 11.1 Å². The molecule has 1 aromatic heterocycles. The van der Waals surface area contributed by atoms with Crippen molar-refractivity contribution in [2.45, 2.75) is 0 Å². The molecule has 1 aromatic rings. The van der Waals surface area contributed by atoms with Gasteiger partial charge in [0.2, 0.25) is 0 Å². The summed E-state index contributed by atoms with van der Waals surface area (Å²) >= 11 is 7.91. The van der Waals surface area contributed by atoms with E-state index in [1.54, 1.807) is 12.3 Å². The summed E-state index contributed by atoms with van der Waals surface area (Å²) in [5, 5.41) is 15.1. The van der Waals surface area contributed by atoms with Gasteiger partial charge in [0.15, 0.2) is 0 Å². The lowest BCUT2D eigenvalue weighted by molar-refractivity contribution is 1.08. The number of aromatic nitrogens is 2. The van der Waals surface area contributed by atoms with Gasteiger partial charge in [0, 0.05) is 0 Å². The third-order valence-electron chi connectivity index (χ3n) is 1.29. The Balaban J connectivity index is 3.07. The smallest absolute Gasteiger partial charge is 0.114 e. The van der Waals surface area contributed by atoms with Crippen molar-refractivity contribution in [3.63, 3.8) is 0 Å². The number of H-pyrrole nitrogens is 1. The fourth-order valence-electron chi connectivity index (χ4n) is 0.685. The maximum atomic E-state index is 8.65. The second-order valence-corrected chi connectivity index (χ2v) is 3.46. The first kappa shape index (κ1) is 9.89. The molecule has 0 bridgehead atoms. The predicted octanol–water partition coefficient (Wildman–Crippen LogP) is 1.37. The number of thiocarbonyl (C=S) groups is 1. The molecule has 0 aliphatic carbocycles. The van der Waals surface area contributed by atoms with Crippen LogP contribution < -0.4 is 5.73 Å². The van der Waals surface area contributed by atoms with Crippen LogP contribution in [0.4, 0.5) is 0 Å². The van der Waals surface area contributed by atoms with E-state index >= 15 is 0 Å². The van der Waals surface area contributed by atoms with E-state index in [4.69, 9.17) is 11.0 Å². The normalized spacial score (nSPS) is 10.9. The Kier molecular flexibility index (Phi) is 3.17. The Bertz CT molecular complexity index is 401. The third kappa shape index (κ3) is 2.37. The number of halogens is 1. The quantitative estimate of drug-likeness (QED) is 0.476. The van der Waals surface area contributed by atoms with Gasteiger partial charge in [-0.1, -0.05) is 12.2 Å². The molecule has 0 aromatic carbocycles. The van der Waals surface area contributed by atoms with Gasteiger partial charge in [0.25, 0.3) is 0 Å². The Labute approximate surface area is 88.6 Å². The summed E-state index contributed by atoms with van der Waals surface area (Å²) in [6, 6.07) is 1.89. The number of hydrogen-bond acceptors (Lipinski definition) is 3. The predicted molar refractivity (Wildman–Crippen MR) is 56.7 cm³/mol. The molecular weight excluding hydrogens is 252 g/mol. The van der Waals surface area contributed by atoms with Crippen LogP contribution in [0.3, 0.4) is 0 Å². The van der Waals surface area contributed by atoms with Gasteiger partial charge in [-0.25, -0.2) is 0 Å². The average molecular weight is 257 g/mol. The third-order valence-corrected chi connectivity index (χ3v) is 2.15. The first-order valence-electron chi connectivity index (χ1n) is 3.25. The lowest BCUT2D eigenvalue weighted by atomic mass is 10.2. The summed E-state index contributed by atoms with van der Waals surface area (Å²) in [6.07, 6.45) is 3.12. The SMILES string of the molecule is N#CC(=Cc1[nH]ncc1Br)C(N)=S. The van der Waals surface area contributed by atoms with Crippen molar-refractivity contribution in [3.05, 3.63) is 21.9 Å². The topological polar surface area (TPSA) is 78.5 Å². The molecule has 0 radical (unpaired) electrons. The molecule has 4 nitrogen and oxygen atoms in total. The van der Waals surface area contributed by atoms with Gasteiger partial charge < -0.3 is 5.73 Å². The van der Waals surface area contributed by atoms with E-state index in [-0.39, 0.29) is 10.6 Å². The highest BCUT2D eigenvalue weighted by molar-refractivity contribution is 9.10. The van der Waals surface area contributed by atoms with Crippen molar-refractivity contribution in [1.29, 1.82) is 5.26 Å². The van der Waals surface area contributed by atoms with Crippen molar-refractivity contribution in [2.24, 2.45) is 5.73 Å². The molecule has 0 atom stereocenters. The molecule has 0 saturated carbocycles. The van der Waals surface area contributed by atoms with Gasteiger partial charge >= 0.3 is 0 Å². The minimum atomic E-state index is 0.0731. The Hall–Kier alpha value is -1.19. The first-order chi connectivity index (χ1) is 6.15. The van der Waals surface area contributed by atoms with Crippen molar-refractivity contribution in [1.82, 2.24) is 10.2 Å². The number of nitrogens with two attached hydrogens (primary N) is 1. The van der Waals surface area contributed by atoms with E-state index in [0.29, 0.717) is 5.69 Å². The van der Waals surface area contributed by atoms with Crippen LogP contribution >= 0.6 is 28.1 Å². The summed E-state index contributed by atoms with van der Waals surface area (Å²) in [7, 11) is 0. The van der Waals surface area contributed by atoms with Crippen LogP contribution in [0.2, 0.25) is 0 Å². The van der Waals surface area contributed by atoms with Crippen LogP contribution in [0, 0.1) is 11.3 Å². The highest BCUT2D eigenvalue weighted by Crippen LogP contribution is 2.15. The van der Waals surface area contributed by atoms with E-state index in [1.165, 1.54) is 0 Å². The molecule has 0 fully saturated rings. The zero-order valence-corrected chi connectivity index (χ0v) is 8.82. The molecule has 0 unspecified atom stereocenters. The molecule has 3 N–H and O–H groups in total. The van der Waals surface area contributed by atoms with E-state index in [2.05, 4.69) is 38.3 Å². The number of aromatic amines is 1. The Morgan fingerprint density at radius 2 is 2.54 bits per heavy atom. The maximum absolute atomic E-state index is 8.65. The Morgan fingerprint density at radius 3 is 2.92 bits per heavy atom. The Morgan fingerprint density at radius 1 is 1.85 bits per heavy atom. The summed E-state index contributed by atoms with van der Waals surface area (Å²) in [4.78, 5) is 0.0731. The molecule has 0 saturated heterocycles. The monoisotopic (exact) mass is 256 g/mol. The summed E-state index contributed by atoms with van der Waals surface area (Å²) in [5.41, 5.74) is 6.23. The van der Waals surface area contributed by atoms with Gasteiger partial charge in [-0.15, -0.1) is 0 Å².